The van der Waals surface area contributed by atoms with Gasteiger partial charge >= 0.3 is 0 Å². The molecule has 0 spiro atoms. The van der Waals surface area contributed by atoms with Crippen LogP contribution in [0.3, 0.4) is 0 Å². The summed E-state index contributed by atoms with van der Waals surface area (Å²) < 4.78 is 0. The Kier molecular flexibility index (Phi) is 508. The summed E-state index contributed by atoms with van der Waals surface area (Å²) in [6.45, 7) is 20.4. The van der Waals surface area contributed by atoms with Crippen LogP contribution in [0.15, 0.2) is 0 Å². The van der Waals surface area contributed by atoms with Crippen molar-refractivity contribution in [2.75, 3.05) is 0 Å². The first kappa shape index (κ1) is 104. The van der Waals surface area contributed by atoms with E-state index in [2.05, 4.69) is 48.5 Å². The molecule has 0 saturated heterocycles. The molecular formula is C31H88Y-2. The van der Waals surface area contributed by atoms with E-state index in [1.165, 1.54) is 70.6 Å². The molecule has 0 bridgehead atoms. The van der Waals surface area contributed by atoms with Gasteiger partial charge in [-0.25, -0.2) is 0 Å². The minimum absolute atomic E-state index is 0. The number of hydrogen-bond donors (Lipinski definition) is 0. The zero-order valence-electron chi connectivity index (χ0n) is 17.2. The van der Waals surface area contributed by atoms with Crippen LogP contribution in [0.4, 0.5) is 0 Å². The molecule has 0 nitrogen and oxygen atoms in total. The van der Waals surface area contributed by atoms with Crippen LogP contribution in [0.5, 0.6) is 0 Å². The van der Waals surface area contributed by atoms with Crippen LogP contribution in [-0.2, 0) is 32.7 Å². The Morgan fingerprint density at radius 2 is 0.469 bits per heavy atom. The fourth-order valence-electron chi connectivity index (χ4n) is 1.43. The van der Waals surface area contributed by atoms with E-state index in [-0.39, 0.29) is 107 Å². The fourth-order valence-corrected chi connectivity index (χ4v) is 1.43. The Labute approximate surface area is 244 Å². The molecule has 1 heteroatoms. The summed E-state index contributed by atoms with van der Waals surface area (Å²) in [5.74, 6) is 0. The van der Waals surface area contributed by atoms with Gasteiger partial charge < -0.3 is 13.8 Å². The van der Waals surface area contributed by atoms with Crippen molar-refractivity contribution in [2.45, 2.75) is 199 Å². The summed E-state index contributed by atoms with van der Waals surface area (Å²) in [6, 6.07) is 0. The van der Waals surface area contributed by atoms with E-state index in [0.29, 0.717) is 0 Å². The Bertz CT molecular complexity index is 71.6. The van der Waals surface area contributed by atoms with E-state index in [1.807, 2.05) is 6.92 Å². The van der Waals surface area contributed by atoms with Gasteiger partial charge in [0.05, 0.1) is 0 Å². The molecule has 1 radical (unpaired) electrons. The first-order chi connectivity index (χ1) is 10.2. The molecule has 217 valence electrons. The third kappa shape index (κ3) is 276. The molecule has 0 saturated carbocycles. The number of unbranched alkanes of at least 4 members (excludes halogenated alkanes) is 9. The van der Waals surface area contributed by atoms with E-state index in [9.17, 15) is 0 Å². The molecule has 0 amide bonds. The van der Waals surface area contributed by atoms with Gasteiger partial charge in [0.15, 0.2) is 0 Å². The average Bonchev–Trinajstić information content (AvgIpc) is 2.51. The Morgan fingerprint density at radius 1 is 0.344 bits per heavy atom. The van der Waals surface area contributed by atoms with Gasteiger partial charge in [-0.15, -0.1) is 0 Å². The van der Waals surface area contributed by atoms with Crippen LogP contribution in [-0.4, -0.2) is 0 Å². The monoisotopic (exact) mass is 550 g/mol. The van der Waals surface area contributed by atoms with Gasteiger partial charge in [-0.3, -0.25) is 0 Å². The van der Waals surface area contributed by atoms with Crippen LogP contribution >= 0.6 is 0 Å². The van der Waals surface area contributed by atoms with Crippen molar-refractivity contribution in [1.29, 1.82) is 0 Å². The van der Waals surface area contributed by atoms with Crippen molar-refractivity contribution in [3.8, 4) is 0 Å². The molecule has 0 atom stereocenters. The summed E-state index contributed by atoms with van der Waals surface area (Å²) in [6.07, 6.45) is 17.1. The zero-order valence-corrected chi connectivity index (χ0v) is 20.0. The van der Waals surface area contributed by atoms with Crippen LogP contribution < -0.4 is 0 Å². The second-order valence-corrected chi connectivity index (χ2v) is 5.47. The quantitative estimate of drug-likeness (QED) is 0.198. The van der Waals surface area contributed by atoms with Crippen LogP contribution in [0.1, 0.15) is 199 Å². The normalized spacial score (nSPS) is 5.62. The molecular weight excluding hydrogens is 461 g/mol. The maximum Gasteiger partial charge on any atom is 0 e. The standard InChI is InChI=1S/2C6H14.C6H13.C3H7.10CH4.Y/c3*1-3-5-6-4-2;1-3-2;;;;;;;;;;;/h2*3-6H2,1-2H3;1,3-6H2,2H3;1,3H2,2H3;10*1H4;/q;;2*-1;;;;;;;;;;;. The Balaban J connectivity index is -0.00000000845. The van der Waals surface area contributed by atoms with Crippen LogP contribution in [0.2, 0.25) is 0 Å². The largest absolute Gasteiger partial charge is 0.344 e. The number of rotatable bonds is 9. The van der Waals surface area contributed by atoms with Gasteiger partial charge in [0.25, 0.3) is 0 Å². The molecule has 0 heterocycles. The third-order valence-corrected chi connectivity index (χ3v) is 2.77. The topological polar surface area (TPSA) is 0 Å². The molecule has 0 aliphatic heterocycles. The van der Waals surface area contributed by atoms with E-state index < -0.39 is 0 Å². The van der Waals surface area contributed by atoms with Crippen molar-refractivity contribution >= 4 is 0 Å². The van der Waals surface area contributed by atoms with E-state index >= 15 is 0 Å². The van der Waals surface area contributed by atoms with Crippen molar-refractivity contribution in [2.24, 2.45) is 0 Å². The molecule has 0 N–H and O–H groups in total. The van der Waals surface area contributed by atoms with E-state index in [4.69, 9.17) is 0 Å². The molecule has 0 aromatic heterocycles. The second kappa shape index (κ2) is 156. The van der Waals surface area contributed by atoms with Gasteiger partial charge in [-0.1, -0.05) is 186 Å². The molecule has 0 aromatic carbocycles. The summed E-state index contributed by atoms with van der Waals surface area (Å²) in [4.78, 5) is 0. The maximum atomic E-state index is 3.72. The van der Waals surface area contributed by atoms with Crippen molar-refractivity contribution in [1.82, 2.24) is 0 Å². The first-order valence-corrected chi connectivity index (χ1v) is 9.74. The van der Waals surface area contributed by atoms with Crippen molar-refractivity contribution < 1.29 is 32.7 Å². The van der Waals surface area contributed by atoms with Crippen LogP contribution in [0, 0.1) is 13.8 Å². The van der Waals surface area contributed by atoms with Crippen LogP contribution in [0.25, 0.3) is 0 Å². The maximum absolute atomic E-state index is 3.72. The molecule has 0 unspecified atom stereocenters. The van der Waals surface area contributed by atoms with E-state index in [0.717, 1.165) is 12.8 Å². The molecule has 0 aromatic rings. The minimum Gasteiger partial charge on any atom is -0.344 e. The van der Waals surface area contributed by atoms with Gasteiger partial charge in [0.2, 0.25) is 0 Å². The molecule has 0 fully saturated rings. The van der Waals surface area contributed by atoms with Gasteiger partial charge in [0.1, 0.15) is 0 Å². The van der Waals surface area contributed by atoms with E-state index in [1.54, 1.807) is 0 Å². The molecule has 0 aliphatic rings. The van der Waals surface area contributed by atoms with Gasteiger partial charge in [-0.05, 0) is 0 Å². The molecule has 32 heavy (non-hydrogen) atoms. The van der Waals surface area contributed by atoms with Crippen molar-refractivity contribution in [3.05, 3.63) is 13.8 Å². The summed E-state index contributed by atoms with van der Waals surface area (Å²) in [7, 11) is 0. The van der Waals surface area contributed by atoms with Gasteiger partial charge in [0, 0.05) is 32.7 Å². The predicted molar refractivity (Wildman–Crippen MR) is 172 cm³/mol. The first-order valence-electron chi connectivity index (χ1n) is 9.74. The fraction of sp³-hybridized carbons (Fsp3) is 0.935. The predicted octanol–water partition coefficient (Wildman–Crippen LogP) is 15.2. The van der Waals surface area contributed by atoms with Crippen molar-refractivity contribution in [3.63, 3.8) is 0 Å². The summed E-state index contributed by atoms with van der Waals surface area (Å²) in [5, 5.41) is 0. The van der Waals surface area contributed by atoms with Gasteiger partial charge in [-0.2, -0.15) is 12.8 Å². The smallest absolute Gasteiger partial charge is 0 e. The zero-order chi connectivity index (χ0) is 17.2. The average molecular weight is 550 g/mol. The summed E-state index contributed by atoms with van der Waals surface area (Å²) >= 11 is 0. The summed E-state index contributed by atoms with van der Waals surface area (Å²) in [5.41, 5.74) is 0. The number of hydrogen-bond acceptors (Lipinski definition) is 0. The second-order valence-electron chi connectivity index (χ2n) is 5.47. The molecule has 0 rings (SSSR count). The Morgan fingerprint density at radius 3 is 0.531 bits per heavy atom. The minimum atomic E-state index is 0. The Hall–Kier alpha value is 1.10. The third-order valence-electron chi connectivity index (χ3n) is 2.77. The molecule has 0 aliphatic carbocycles. The SMILES string of the molecule is C.C.C.C.C.C.C.C.C.C.CCCCCC.CCCCCC.[CH2-]CC.[CH2-]CCCCC.[Y].